The van der Waals surface area contributed by atoms with Crippen molar-refractivity contribution in [3.63, 3.8) is 0 Å². The van der Waals surface area contributed by atoms with Crippen molar-refractivity contribution >= 4 is 11.7 Å². The molecule has 138 valence electrons. The number of anilines is 1. The molecule has 3 aromatic rings. The van der Waals surface area contributed by atoms with E-state index in [0.717, 1.165) is 16.9 Å². The van der Waals surface area contributed by atoms with Crippen LogP contribution in [0.15, 0.2) is 48.8 Å². The summed E-state index contributed by atoms with van der Waals surface area (Å²) in [6, 6.07) is 13.1. The van der Waals surface area contributed by atoms with Crippen LogP contribution >= 0.6 is 0 Å². The molecule has 1 atom stereocenters. The summed E-state index contributed by atoms with van der Waals surface area (Å²) in [5.74, 6) is 0.782. The van der Waals surface area contributed by atoms with Crippen LogP contribution < -0.4 is 14.8 Å². The number of hydrogen-bond acceptors (Lipinski definition) is 5. The van der Waals surface area contributed by atoms with Gasteiger partial charge in [-0.3, -0.25) is 9.36 Å². The fourth-order valence-electron chi connectivity index (χ4n) is 3.38. The number of rotatable bonds is 4. The van der Waals surface area contributed by atoms with Crippen molar-refractivity contribution in [2.45, 2.75) is 12.3 Å². The smallest absolute Gasteiger partial charge is 0.226 e. The molecule has 0 saturated heterocycles. The van der Waals surface area contributed by atoms with Crippen molar-refractivity contribution in [1.29, 1.82) is 0 Å². The van der Waals surface area contributed by atoms with E-state index in [1.165, 1.54) is 14.2 Å². The Morgan fingerprint density at radius 3 is 2.44 bits per heavy atom. The molecule has 27 heavy (non-hydrogen) atoms. The van der Waals surface area contributed by atoms with E-state index in [0.29, 0.717) is 17.3 Å². The molecule has 7 nitrogen and oxygen atoms in total. The first-order valence-electron chi connectivity index (χ1n) is 8.49. The predicted molar refractivity (Wildman–Crippen MR) is 99.9 cm³/mol. The second-order valence-corrected chi connectivity index (χ2v) is 6.26. The van der Waals surface area contributed by atoms with Gasteiger partial charge in [0, 0.05) is 18.0 Å². The van der Waals surface area contributed by atoms with Gasteiger partial charge in [-0.1, -0.05) is 18.2 Å². The van der Waals surface area contributed by atoms with Crippen molar-refractivity contribution in [2.75, 3.05) is 19.5 Å². The highest BCUT2D eigenvalue weighted by molar-refractivity contribution is 5.94. The SMILES string of the molecule is COc1cc(C2CC(=O)Nc3c2ncn3-c2ccccc2)cc(OC)c1O. The lowest BCUT2D eigenvalue weighted by molar-refractivity contribution is -0.116. The maximum absolute atomic E-state index is 12.4. The lowest BCUT2D eigenvalue weighted by atomic mass is 9.89. The van der Waals surface area contributed by atoms with Crippen LogP contribution in [0.25, 0.3) is 5.69 Å². The zero-order valence-electron chi connectivity index (χ0n) is 15.0. The summed E-state index contributed by atoms with van der Waals surface area (Å²) < 4.78 is 12.4. The summed E-state index contributed by atoms with van der Waals surface area (Å²) in [4.78, 5) is 17.0. The zero-order chi connectivity index (χ0) is 19.0. The molecule has 0 fully saturated rings. The van der Waals surface area contributed by atoms with E-state index < -0.39 is 0 Å². The van der Waals surface area contributed by atoms with Crippen LogP contribution in [0.4, 0.5) is 5.82 Å². The summed E-state index contributed by atoms with van der Waals surface area (Å²) in [5, 5.41) is 13.1. The molecular formula is C20H19N3O4. The van der Waals surface area contributed by atoms with Crippen LogP contribution in [-0.2, 0) is 4.79 Å². The number of nitrogens with zero attached hydrogens (tertiary/aromatic N) is 2. The highest BCUT2D eigenvalue weighted by Crippen LogP contribution is 2.43. The first-order chi connectivity index (χ1) is 13.1. The minimum absolute atomic E-state index is 0.0703. The normalized spacial score (nSPS) is 15.8. The predicted octanol–water partition coefficient (Wildman–Crippen LogP) is 3.07. The third kappa shape index (κ3) is 2.87. The molecule has 1 aromatic heterocycles. The summed E-state index contributed by atoms with van der Waals surface area (Å²) in [6.07, 6.45) is 1.95. The van der Waals surface area contributed by atoms with Gasteiger partial charge >= 0.3 is 0 Å². The number of phenolic OH excluding ortho intramolecular Hbond substituents is 1. The molecule has 0 spiro atoms. The van der Waals surface area contributed by atoms with Gasteiger partial charge in [-0.25, -0.2) is 4.98 Å². The van der Waals surface area contributed by atoms with E-state index >= 15 is 0 Å². The van der Waals surface area contributed by atoms with Crippen molar-refractivity contribution in [3.05, 3.63) is 60.0 Å². The number of carbonyl (C=O) groups excluding carboxylic acids is 1. The number of methoxy groups -OCH3 is 2. The second kappa shape index (κ2) is 6.68. The van der Waals surface area contributed by atoms with Crippen LogP contribution in [0.5, 0.6) is 17.2 Å². The fourth-order valence-corrected chi connectivity index (χ4v) is 3.38. The molecule has 0 saturated carbocycles. The molecule has 0 radical (unpaired) electrons. The van der Waals surface area contributed by atoms with Gasteiger partial charge in [-0.2, -0.15) is 0 Å². The molecule has 4 rings (SSSR count). The van der Waals surface area contributed by atoms with Crippen LogP contribution in [0, 0.1) is 0 Å². The number of fused-ring (bicyclic) bond motifs is 1. The van der Waals surface area contributed by atoms with Crippen LogP contribution in [-0.4, -0.2) is 34.8 Å². The number of para-hydroxylation sites is 1. The van der Waals surface area contributed by atoms with Gasteiger partial charge in [-0.15, -0.1) is 0 Å². The van der Waals surface area contributed by atoms with Crippen molar-refractivity contribution < 1.29 is 19.4 Å². The summed E-state index contributed by atoms with van der Waals surface area (Å²) in [6.45, 7) is 0. The Balaban J connectivity index is 1.84. The van der Waals surface area contributed by atoms with Gasteiger partial charge in [0.2, 0.25) is 11.7 Å². The van der Waals surface area contributed by atoms with Crippen molar-refractivity contribution in [3.8, 4) is 22.9 Å². The van der Waals surface area contributed by atoms with E-state index in [9.17, 15) is 9.90 Å². The minimum atomic E-state index is -0.276. The van der Waals surface area contributed by atoms with Gasteiger partial charge in [0.15, 0.2) is 11.5 Å². The maximum atomic E-state index is 12.4. The summed E-state index contributed by atoms with van der Waals surface area (Å²) >= 11 is 0. The van der Waals surface area contributed by atoms with Gasteiger partial charge < -0.3 is 19.9 Å². The molecule has 1 aliphatic heterocycles. The average molecular weight is 365 g/mol. The van der Waals surface area contributed by atoms with E-state index in [1.807, 2.05) is 34.9 Å². The average Bonchev–Trinajstić information content (AvgIpc) is 3.12. The molecule has 7 heteroatoms. The third-order valence-corrected chi connectivity index (χ3v) is 4.71. The Bertz CT molecular complexity index is 973. The molecule has 0 aliphatic carbocycles. The minimum Gasteiger partial charge on any atom is -0.502 e. The van der Waals surface area contributed by atoms with Crippen molar-refractivity contribution in [1.82, 2.24) is 9.55 Å². The Kier molecular flexibility index (Phi) is 4.19. The first kappa shape index (κ1) is 17.0. The van der Waals surface area contributed by atoms with Gasteiger partial charge in [0.1, 0.15) is 12.1 Å². The molecule has 1 unspecified atom stereocenters. The van der Waals surface area contributed by atoms with Gasteiger partial charge in [0.25, 0.3) is 0 Å². The van der Waals surface area contributed by atoms with E-state index in [4.69, 9.17) is 9.47 Å². The Morgan fingerprint density at radius 1 is 1.15 bits per heavy atom. The number of imidazole rings is 1. The quantitative estimate of drug-likeness (QED) is 0.742. The number of hydrogen-bond donors (Lipinski definition) is 2. The topological polar surface area (TPSA) is 85.6 Å². The van der Waals surface area contributed by atoms with E-state index in [2.05, 4.69) is 10.3 Å². The number of amides is 1. The highest BCUT2D eigenvalue weighted by atomic mass is 16.5. The highest BCUT2D eigenvalue weighted by Gasteiger charge is 2.32. The second-order valence-electron chi connectivity index (χ2n) is 6.26. The molecule has 0 bridgehead atoms. The standard InChI is InChI=1S/C20H19N3O4/c1-26-15-8-12(9-16(27-2)19(15)25)14-10-17(24)22-20-18(14)21-11-23(20)13-6-4-3-5-7-13/h3-9,11,14,25H,10H2,1-2H3,(H,22,24). The summed E-state index contributed by atoms with van der Waals surface area (Å²) in [7, 11) is 2.95. The molecule has 1 aliphatic rings. The summed E-state index contributed by atoms with van der Waals surface area (Å²) in [5.41, 5.74) is 2.46. The number of aromatic hydroxyl groups is 1. The Hall–Kier alpha value is -3.48. The number of nitrogens with one attached hydrogen (secondary N) is 1. The van der Waals surface area contributed by atoms with Gasteiger partial charge in [-0.05, 0) is 29.8 Å². The van der Waals surface area contributed by atoms with Crippen LogP contribution in [0.1, 0.15) is 23.6 Å². The fraction of sp³-hybridized carbons (Fsp3) is 0.200. The molecular weight excluding hydrogens is 346 g/mol. The third-order valence-electron chi connectivity index (χ3n) is 4.71. The van der Waals surface area contributed by atoms with E-state index in [-0.39, 0.29) is 24.0 Å². The molecule has 2 N–H and O–H groups in total. The van der Waals surface area contributed by atoms with Crippen molar-refractivity contribution in [2.24, 2.45) is 0 Å². The van der Waals surface area contributed by atoms with Gasteiger partial charge in [0.05, 0.1) is 19.9 Å². The maximum Gasteiger partial charge on any atom is 0.226 e. The number of carbonyl (C=O) groups is 1. The number of ether oxygens (including phenoxy) is 2. The number of aromatic nitrogens is 2. The largest absolute Gasteiger partial charge is 0.502 e. The lowest BCUT2D eigenvalue weighted by Crippen LogP contribution is -2.25. The molecule has 2 heterocycles. The molecule has 2 aromatic carbocycles. The number of phenols is 1. The monoisotopic (exact) mass is 365 g/mol. The number of benzene rings is 2. The Labute approximate surface area is 156 Å². The van der Waals surface area contributed by atoms with E-state index in [1.54, 1.807) is 18.5 Å². The first-order valence-corrected chi connectivity index (χ1v) is 8.49. The van der Waals surface area contributed by atoms with Crippen LogP contribution in [0.3, 0.4) is 0 Å². The lowest BCUT2D eigenvalue weighted by Gasteiger charge is -2.24. The van der Waals surface area contributed by atoms with Crippen LogP contribution in [0.2, 0.25) is 0 Å². The molecule has 1 amide bonds. The Morgan fingerprint density at radius 2 is 1.81 bits per heavy atom. The zero-order valence-corrected chi connectivity index (χ0v) is 15.0.